The molecule has 16 heteroatoms. The molecule has 1 saturated carbocycles. The first-order chi connectivity index (χ1) is 27.4. The molecule has 2 saturated heterocycles. The molecule has 0 spiro atoms. The number of anilines is 1. The first-order valence-electron chi connectivity index (χ1n) is 19.1. The zero-order valence-corrected chi connectivity index (χ0v) is 32.2. The molecule has 1 amide bonds. The largest absolute Gasteiger partial charge is 0.481 e. The van der Waals surface area contributed by atoms with Gasteiger partial charge in [-0.15, -0.1) is 0 Å². The molecule has 4 N–H and O–H groups in total. The van der Waals surface area contributed by atoms with Crippen LogP contribution in [0.25, 0.3) is 22.4 Å². The quantitative estimate of drug-likeness (QED) is 0.115. The van der Waals surface area contributed by atoms with Gasteiger partial charge in [-0.3, -0.25) is 14.5 Å². The summed E-state index contributed by atoms with van der Waals surface area (Å²) in [6.07, 6.45) is -1.14. The number of rotatable bonds is 13. The van der Waals surface area contributed by atoms with E-state index < -0.39 is 35.6 Å². The van der Waals surface area contributed by atoms with E-state index >= 15 is 0 Å². The molecule has 5 atom stereocenters. The number of halogens is 4. The van der Waals surface area contributed by atoms with Gasteiger partial charge in [-0.2, -0.15) is 18.2 Å². The first kappa shape index (κ1) is 38.9. The molecule has 2 aromatic carbocycles. The van der Waals surface area contributed by atoms with E-state index in [2.05, 4.69) is 25.9 Å². The Labute approximate surface area is 332 Å². The Morgan fingerprint density at radius 3 is 2.47 bits per heavy atom. The highest BCUT2D eigenvalue weighted by Gasteiger charge is 2.48. The van der Waals surface area contributed by atoms with Crippen LogP contribution < -0.4 is 25.4 Å². The van der Waals surface area contributed by atoms with Crippen LogP contribution in [-0.2, 0) is 35.3 Å². The lowest BCUT2D eigenvalue weighted by Gasteiger charge is -2.31. The van der Waals surface area contributed by atoms with Crippen LogP contribution in [0.4, 0.5) is 19.0 Å². The number of fused-ring (bicyclic) bond motifs is 3. The van der Waals surface area contributed by atoms with Crippen molar-refractivity contribution in [2.24, 2.45) is 11.8 Å². The van der Waals surface area contributed by atoms with Gasteiger partial charge in [-0.05, 0) is 60.8 Å². The van der Waals surface area contributed by atoms with Crippen LogP contribution in [0.3, 0.4) is 0 Å². The number of ether oxygens (including phenoxy) is 2. The summed E-state index contributed by atoms with van der Waals surface area (Å²) < 4.78 is 55.1. The smallest absolute Gasteiger partial charge is 0.437 e. The summed E-state index contributed by atoms with van der Waals surface area (Å²) in [7, 11) is 2.90. The lowest BCUT2D eigenvalue weighted by atomic mass is 9.94. The van der Waals surface area contributed by atoms with Crippen molar-refractivity contribution < 1.29 is 37.3 Å². The third-order valence-electron chi connectivity index (χ3n) is 11.7. The number of carboxylic acid groups (broad SMARTS) is 1. The highest BCUT2D eigenvalue weighted by atomic mass is 35.5. The minimum atomic E-state index is -4.82. The Bertz CT molecular complexity index is 2210. The number of pyridine rings is 1. The zero-order chi connectivity index (χ0) is 40.0. The van der Waals surface area contributed by atoms with Gasteiger partial charge in [0.1, 0.15) is 5.69 Å². The van der Waals surface area contributed by atoms with Gasteiger partial charge in [-0.1, -0.05) is 54.1 Å². The number of carboxylic acids is 1. The Kier molecular flexibility index (Phi) is 10.7. The molecule has 2 bridgehead atoms. The summed E-state index contributed by atoms with van der Waals surface area (Å²) >= 11 is 7.14. The molecular weight excluding hydrogens is 763 g/mol. The third kappa shape index (κ3) is 7.72. The Hall–Kier alpha value is -4.99. The lowest BCUT2D eigenvalue weighted by molar-refractivity contribution is -0.144. The van der Waals surface area contributed by atoms with Crippen LogP contribution in [0.15, 0.2) is 48.5 Å². The maximum absolute atomic E-state index is 14.6. The normalized spacial score (nSPS) is 22.8. The van der Waals surface area contributed by atoms with E-state index in [4.69, 9.17) is 26.1 Å². The second-order valence-corrected chi connectivity index (χ2v) is 15.6. The molecular formula is C41H43ClF3N7O5. The zero-order valence-electron chi connectivity index (χ0n) is 31.5. The molecule has 12 nitrogen and oxygen atoms in total. The standard InChI is InChI=1S/C41H43ClF3N7O5/c1-56-38-22(17-46-18-23-10-14-34(53)47-23)9-12-31(50-38)28-8-4-7-27(35(28)42)24-5-3-6-26-25(24)11-13-30(26)49-37-36(41(43,44)45)48-32(39(51-37)57-2)20-52-19-21-15-29(40(54)55)33(52)16-21/h3-9,12,21,23,29-30,33,46H,10-11,13-20H2,1-2H3,(H,47,53)(H,49,51)(H,54,55)/t21?,23-,29?,30-,33?/m0/s1. The van der Waals surface area contributed by atoms with E-state index in [1.807, 2.05) is 53.4 Å². The molecule has 300 valence electrons. The Balaban J connectivity index is 1.03. The molecule has 2 aliphatic carbocycles. The number of nitrogens with one attached hydrogen (secondary N) is 3. The lowest BCUT2D eigenvalue weighted by Crippen LogP contribution is -2.41. The van der Waals surface area contributed by atoms with Crippen molar-refractivity contribution in [2.75, 3.05) is 32.6 Å². The average molecular weight is 806 g/mol. The average Bonchev–Trinajstić information content (AvgIpc) is 4.00. The van der Waals surface area contributed by atoms with Gasteiger partial charge in [0, 0.05) is 61.4 Å². The molecule has 4 aromatic rings. The fourth-order valence-electron chi connectivity index (χ4n) is 9.10. The third-order valence-corrected chi connectivity index (χ3v) is 12.1. The van der Waals surface area contributed by atoms with Gasteiger partial charge in [0.2, 0.25) is 17.7 Å². The van der Waals surface area contributed by atoms with Crippen molar-refractivity contribution in [2.45, 2.75) is 75.9 Å². The number of carbonyl (C=O) groups is 2. The molecule has 4 heterocycles. The number of benzene rings is 2. The second kappa shape index (κ2) is 15.7. The molecule has 2 aromatic heterocycles. The number of aromatic nitrogens is 3. The number of hydrogen-bond donors (Lipinski definition) is 4. The SMILES string of the molecule is COc1nc(-c2cccc(-c3cccc4c3CC[C@@H]4Nc3nc(OC)c(CN4CC5CC(C(=O)O)C4C5)nc3C(F)(F)F)c2Cl)ccc1CNC[C@@H]1CCC(=O)N1. The summed E-state index contributed by atoms with van der Waals surface area (Å²) in [6.45, 7) is 1.74. The molecule has 4 aliphatic rings. The minimum absolute atomic E-state index is 0.00589. The van der Waals surface area contributed by atoms with Crippen LogP contribution in [0, 0.1) is 11.8 Å². The van der Waals surface area contributed by atoms with Gasteiger partial charge >= 0.3 is 12.1 Å². The highest BCUT2D eigenvalue weighted by Crippen LogP contribution is 2.46. The van der Waals surface area contributed by atoms with E-state index in [0.29, 0.717) is 73.9 Å². The summed E-state index contributed by atoms with van der Waals surface area (Å²) in [6, 6.07) is 14.6. The van der Waals surface area contributed by atoms with Gasteiger partial charge in [0.25, 0.3) is 0 Å². The monoisotopic (exact) mass is 805 g/mol. The van der Waals surface area contributed by atoms with Crippen molar-refractivity contribution in [1.82, 2.24) is 30.5 Å². The molecule has 2 aliphatic heterocycles. The molecule has 8 rings (SSSR count). The van der Waals surface area contributed by atoms with E-state index in [1.165, 1.54) is 7.11 Å². The van der Waals surface area contributed by atoms with Crippen molar-refractivity contribution in [3.05, 3.63) is 81.6 Å². The van der Waals surface area contributed by atoms with Gasteiger partial charge < -0.3 is 30.5 Å². The molecule has 57 heavy (non-hydrogen) atoms. The maximum Gasteiger partial charge on any atom is 0.437 e. The number of nitrogens with zero attached hydrogens (tertiary/aromatic N) is 4. The predicted octanol–water partition coefficient (Wildman–Crippen LogP) is 6.66. The molecule has 3 fully saturated rings. The summed E-state index contributed by atoms with van der Waals surface area (Å²) in [5.74, 6) is -1.22. The van der Waals surface area contributed by atoms with Crippen molar-refractivity contribution in [3.8, 4) is 34.1 Å². The number of piperidine rings is 1. The molecule has 0 radical (unpaired) electrons. The van der Waals surface area contributed by atoms with E-state index in [-0.39, 0.29) is 42.0 Å². The first-order valence-corrected chi connectivity index (χ1v) is 19.5. The number of likely N-dealkylation sites (tertiary alicyclic amines) is 1. The van der Waals surface area contributed by atoms with Crippen molar-refractivity contribution in [3.63, 3.8) is 0 Å². The fraction of sp³-hybridized carbons (Fsp3) is 0.439. The van der Waals surface area contributed by atoms with Crippen LogP contribution in [0.1, 0.15) is 66.2 Å². The second-order valence-electron chi connectivity index (χ2n) is 15.2. The van der Waals surface area contributed by atoms with E-state index in [1.54, 1.807) is 7.11 Å². The van der Waals surface area contributed by atoms with Crippen molar-refractivity contribution in [1.29, 1.82) is 0 Å². The van der Waals surface area contributed by atoms with Gasteiger partial charge in [0.15, 0.2) is 11.5 Å². The number of hydrogen-bond acceptors (Lipinski definition) is 10. The van der Waals surface area contributed by atoms with Crippen molar-refractivity contribution >= 4 is 29.3 Å². The number of alkyl halides is 3. The highest BCUT2D eigenvalue weighted by molar-refractivity contribution is 6.36. The number of aliphatic carboxylic acids is 1. The van der Waals surface area contributed by atoms with Crippen LogP contribution in [0.2, 0.25) is 5.02 Å². The van der Waals surface area contributed by atoms with Crippen LogP contribution >= 0.6 is 11.6 Å². The van der Waals surface area contributed by atoms with E-state index in [0.717, 1.165) is 34.2 Å². The number of carbonyl (C=O) groups excluding carboxylic acids is 1. The van der Waals surface area contributed by atoms with Gasteiger partial charge in [0.05, 0.1) is 36.9 Å². The summed E-state index contributed by atoms with van der Waals surface area (Å²) in [5.41, 5.74) is 4.46. The number of amides is 1. The summed E-state index contributed by atoms with van der Waals surface area (Å²) in [4.78, 5) is 38.5. The number of methoxy groups -OCH3 is 2. The van der Waals surface area contributed by atoms with E-state index in [9.17, 15) is 27.9 Å². The predicted molar refractivity (Wildman–Crippen MR) is 206 cm³/mol. The Morgan fingerprint density at radius 1 is 0.982 bits per heavy atom. The van der Waals surface area contributed by atoms with Crippen LogP contribution in [-0.4, -0.2) is 76.2 Å². The molecule has 3 unspecified atom stereocenters. The fourth-order valence-corrected chi connectivity index (χ4v) is 9.42. The van der Waals surface area contributed by atoms with Gasteiger partial charge in [-0.25, -0.2) is 9.97 Å². The van der Waals surface area contributed by atoms with Crippen LogP contribution in [0.5, 0.6) is 11.8 Å². The maximum atomic E-state index is 14.6. The minimum Gasteiger partial charge on any atom is -0.481 e. The summed E-state index contributed by atoms with van der Waals surface area (Å²) in [5, 5.41) is 19.5. The Morgan fingerprint density at radius 2 is 1.75 bits per heavy atom. The topological polar surface area (TPSA) is 151 Å².